The van der Waals surface area contributed by atoms with Crippen LogP contribution in [0.25, 0.3) is 0 Å². The Morgan fingerprint density at radius 3 is 2.95 bits per heavy atom. The number of anilines is 1. The summed E-state index contributed by atoms with van der Waals surface area (Å²) in [7, 11) is 0. The van der Waals surface area contributed by atoms with Crippen molar-refractivity contribution in [2.24, 2.45) is 0 Å². The average Bonchev–Trinajstić information content (AvgIpc) is 2.47. The SMILES string of the molecule is Cc1cc(Cl)ccc1C(=O)Nc1cccc2c1CCNC2. The molecule has 0 atom stereocenters. The predicted molar refractivity (Wildman–Crippen MR) is 86.0 cm³/mol. The maximum absolute atomic E-state index is 12.5. The smallest absolute Gasteiger partial charge is 0.255 e. The Morgan fingerprint density at radius 1 is 1.29 bits per heavy atom. The zero-order valence-corrected chi connectivity index (χ0v) is 12.6. The van der Waals surface area contributed by atoms with Gasteiger partial charge in [0.05, 0.1) is 0 Å². The van der Waals surface area contributed by atoms with E-state index < -0.39 is 0 Å². The van der Waals surface area contributed by atoms with Gasteiger partial charge in [-0.15, -0.1) is 0 Å². The van der Waals surface area contributed by atoms with Crippen molar-refractivity contribution in [2.45, 2.75) is 19.9 Å². The molecule has 0 saturated heterocycles. The molecule has 2 aromatic carbocycles. The minimum atomic E-state index is -0.0869. The van der Waals surface area contributed by atoms with Gasteiger partial charge in [0, 0.05) is 22.8 Å². The zero-order chi connectivity index (χ0) is 14.8. The fourth-order valence-corrected chi connectivity index (χ4v) is 2.95. The van der Waals surface area contributed by atoms with Gasteiger partial charge < -0.3 is 10.6 Å². The van der Waals surface area contributed by atoms with Gasteiger partial charge in [0.15, 0.2) is 0 Å². The largest absolute Gasteiger partial charge is 0.322 e. The Bertz CT molecular complexity index is 697. The van der Waals surface area contributed by atoms with E-state index >= 15 is 0 Å². The van der Waals surface area contributed by atoms with Gasteiger partial charge in [-0.2, -0.15) is 0 Å². The molecule has 0 unspecified atom stereocenters. The number of nitrogens with one attached hydrogen (secondary N) is 2. The summed E-state index contributed by atoms with van der Waals surface area (Å²) < 4.78 is 0. The normalized spacial score (nSPS) is 13.6. The van der Waals surface area contributed by atoms with Crippen LogP contribution in [0.3, 0.4) is 0 Å². The molecule has 1 aliphatic rings. The van der Waals surface area contributed by atoms with Crippen LogP contribution in [0.4, 0.5) is 5.69 Å². The molecule has 108 valence electrons. The van der Waals surface area contributed by atoms with Crippen LogP contribution in [0.15, 0.2) is 36.4 Å². The van der Waals surface area contributed by atoms with Gasteiger partial charge in [-0.05, 0) is 60.8 Å². The molecule has 0 saturated carbocycles. The minimum absolute atomic E-state index is 0.0869. The van der Waals surface area contributed by atoms with E-state index in [1.54, 1.807) is 18.2 Å². The monoisotopic (exact) mass is 300 g/mol. The number of hydrogen-bond donors (Lipinski definition) is 2. The van der Waals surface area contributed by atoms with E-state index in [1.165, 1.54) is 11.1 Å². The Balaban J connectivity index is 1.88. The highest BCUT2D eigenvalue weighted by Crippen LogP contribution is 2.24. The summed E-state index contributed by atoms with van der Waals surface area (Å²) in [4.78, 5) is 12.5. The second kappa shape index (κ2) is 5.88. The minimum Gasteiger partial charge on any atom is -0.322 e. The first-order chi connectivity index (χ1) is 10.1. The van der Waals surface area contributed by atoms with Crippen molar-refractivity contribution in [3.8, 4) is 0 Å². The maximum Gasteiger partial charge on any atom is 0.255 e. The quantitative estimate of drug-likeness (QED) is 0.890. The number of benzene rings is 2. The molecular weight excluding hydrogens is 284 g/mol. The van der Waals surface area contributed by atoms with Crippen LogP contribution in [0.2, 0.25) is 5.02 Å². The molecule has 3 nitrogen and oxygen atoms in total. The van der Waals surface area contributed by atoms with Gasteiger partial charge in [0.25, 0.3) is 5.91 Å². The molecule has 0 spiro atoms. The fraction of sp³-hybridized carbons (Fsp3) is 0.235. The van der Waals surface area contributed by atoms with Gasteiger partial charge in [0.2, 0.25) is 0 Å². The third-order valence-electron chi connectivity index (χ3n) is 3.82. The standard InChI is InChI=1S/C17H17ClN2O/c1-11-9-13(18)5-6-14(11)17(21)20-16-4-2-3-12-10-19-8-7-15(12)16/h2-6,9,19H,7-8,10H2,1H3,(H,20,21). The Kier molecular flexibility index (Phi) is 3.95. The highest BCUT2D eigenvalue weighted by molar-refractivity contribution is 6.30. The van der Waals surface area contributed by atoms with Crippen LogP contribution in [0, 0.1) is 6.92 Å². The molecule has 2 aromatic rings. The van der Waals surface area contributed by atoms with Crippen molar-refractivity contribution in [1.82, 2.24) is 5.32 Å². The van der Waals surface area contributed by atoms with Crippen molar-refractivity contribution >= 4 is 23.2 Å². The van der Waals surface area contributed by atoms with Crippen molar-refractivity contribution in [3.05, 3.63) is 63.7 Å². The van der Waals surface area contributed by atoms with E-state index in [0.29, 0.717) is 10.6 Å². The number of aryl methyl sites for hydroxylation is 1. The number of carbonyl (C=O) groups is 1. The Morgan fingerprint density at radius 2 is 2.14 bits per heavy atom. The van der Waals surface area contributed by atoms with E-state index in [9.17, 15) is 4.79 Å². The van der Waals surface area contributed by atoms with Gasteiger partial charge in [0.1, 0.15) is 0 Å². The van der Waals surface area contributed by atoms with Crippen LogP contribution in [-0.4, -0.2) is 12.5 Å². The highest BCUT2D eigenvalue weighted by Gasteiger charge is 2.15. The summed E-state index contributed by atoms with van der Waals surface area (Å²) in [6, 6.07) is 11.4. The Hall–Kier alpha value is -1.84. The second-order valence-electron chi connectivity index (χ2n) is 5.28. The van der Waals surface area contributed by atoms with Crippen molar-refractivity contribution in [3.63, 3.8) is 0 Å². The van der Waals surface area contributed by atoms with Crippen LogP contribution < -0.4 is 10.6 Å². The van der Waals surface area contributed by atoms with E-state index in [2.05, 4.69) is 16.7 Å². The van der Waals surface area contributed by atoms with Gasteiger partial charge in [-0.3, -0.25) is 4.79 Å². The van der Waals surface area contributed by atoms with Gasteiger partial charge in [-0.1, -0.05) is 23.7 Å². The summed E-state index contributed by atoms with van der Waals surface area (Å²) in [6.07, 6.45) is 0.936. The molecule has 3 rings (SSSR count). The number of halogens is 1. The molecular formula is C17H17ClN2O. The van der Waals surface area contributed by atoms with Gasteiger partial charge >= 0.3 is 0 Å². The lowest BCUT2D eigenvalue weighted by molar-refractivity contribution is 0.102. The van der Waals surface area contributed by atoms with E-state index in [-0.39, 0.29) is 5.91 Å². The number of amides is 1. The topological polar surface area (TPSA) is 41.1 Å². The third kappa shape index (κ3) is 2.94. The fourth-order valence-electron chi connectivity index (χ4n) is 2.72. The van der Waals surface area contributed by atoms with Crippen LogP contribution in [0.1, 0.15) is 27.0 Å². The van der Waals surface area contributed by atoms with Crippen molar-refractivity contribution in [2.75, 3.05) is 11.9 Å². The van der Waals surface area contributed by atoms with E-state index in [4.69, 9.17) is 11.6 Å². The van der Waals surface area contributed by atoms with Crippen LogP contribution in [0.5, 0.6) is 0 Å². The van der Waals surface area contributed by atoms with Crippen LogP contribution in [-0.2, 0) is 13.0 Å². The molecule has 2 N–H and O–H groups in total. The number of carbonyl (C=O) groups excluding carboxylic acids is 1. The first-order valence-corrected chi connectivity index (χ1v) is 7.42. The lowest BCUT2D eigenvalue weighted by atomic mass is 9.98. The maximum atomic E-state index is 12.5. The molecule has 1 aliphatic heterocycles. The molecule has 0 radical (unpaired) electrons. The molecule has 4 heteroatoms. The summed E-state index contributed by atoms with van der Waals surface area (Å²) >= 11 is 5.94. The number of fused-ring (bicyclic) bond motifs is 1. The van der Waals surface area contributed by atoms with Gasteiger partial charge in [-0.25, -0.2) is 0 Å². The highest BCUT2D eigenvalue weighted by atomic mass is 35.5. The van der Waals surface area contributed by atoms with Crippen molar-refractivity contribution in [1.29, 1.82) is 0 Å². The zero-order valence-electron chi connectivity index (χ0n) is 11.9. The predicted octanol–water partition coefficient (Wildman–Crippen LogP) is 3.55. The summed E-state index contributed by atoms with van der Waals surface area (Å²) in [5, 5.41) is 7.02. The first kappa shape index (κ1) is 14.1. The lowest BCUT2D eigenvalue weighted by Gasteiger charge is -2.20. The summed E-state index contributed by atoms with van der Waals surface area (Å²) in [5.41, 5.74) is 4.94. The molecule has 0 fully saturated rings. The van der Waals surface area contributed by atoms with E-state index in [1.807, 2.05) is 19.1 Å². The molecule has 21 heavy (non-hydrogen) atoms. The second-order valence-corrected chi connectivity index (χ2v) is 5.72. The third-order valence-corrected chi connectivity index (χ3v) is 4.06. The molecule has 0 aromatic heterocycles. The Labute approximate surface area is 129 Å². The summed E-state index contributed by atoms with van der Waals surface area (Å²) in [5.74, 6) is -0.0869. The molecule has 1 heterocycles. The first-order valence-electron chi connectivity index (χ1n) is 7.04. The number of hydrogen-bond acceptors (Lipinski definition) is 2. The summed E-state index contributed by atoms with van der Waals surface area (Å²) in [6.45, 7) is 3.70. The number of rotatable bonds is 2. The average molecular weight is 301 g/mol. The molecule has 1 amide bonds. The molecule has 0 bridgehead atoms. The van der Waals surface area contributed by atoms with Crippen molar-refractivity contribution < 1.29 is 4.79 Å². The lowest BCUT2D eigenvalue weighted by Crippen LogP contribution is -2.25. The van der Waals surface area contributed by atoms with Crippen LogP contribution >= 0.6 is 11.6 Å². The van der Waals surface area contributed by atoms with E-state index in [0.717, 1.165) is 30.8 Å². The molecule has 0 aliphatic carbocycles.